The van der Waals surface area contributed by atoms with Crippen molar-refractivity contribution in [3.8, 4) is 11.6 Å². The Bertz CT molecular complexity index is 1260. The first kappa shape index (κ1) is 24.2. The van der Waals surface area contributed by atoms with Gasteiger partial charge in [-0.15, -0.1) is 0 Å². The summed E-state index contributed by atoms with van der Waals surface area (Å²) in [5, 5.41) is 2.57. The minimum absolute atomic E-state index is 0.144. The molecule has 3 rings (SSSR count). The van der Waals surface area contributed by atoms with Gasteiger partial charge in [0, 0.05) is 12.1 Å². The first-order valence-electron chi connectivity index (χ1n) is 9.37. The van der Waals surface area contributed by atoms with Crippen LogP contribution in [-0.4, -0.2) is 30.5 Å². The van der Waals surface area contributed by atoms with Crippen LogP contribution in [0.4, 0.5) is 23.2 Å². The Morgan fingerprint density at radius 3 is 2.52 bits per heavy atom. The van der Waals surface area contributed by atoms with Gasteiger partial charge < -0.3 is 9.73 Å². The summed E-state index contributed by atoms with van der Waals surface area (Å²) in [5.41, 5.74) is -1.09. The molecule has 2 aromatic heterocycles. The van der Waals surface area contributed by atoms with Crippen LogP contribution in [0.15, 0.2) is 47.2 Å². The Labute approximate surface area is 186 Å². The number of halogens is 4. The van der Waals surface area contributed by atoms with E-state index in [1.165, 1.54) is 31.5 Å². The summed E-state index contributed by atoms with van der Waals surface area (Å²) in [7, 11) is -3.68. The van der Waals surface area contributed by atoms with Crippen LogP contribution in [-0.2, 0) is 27.5 Å². The van der Waals surface area contributed by atoms with Crippen molar-refractivity contribution in [2.75, 3.05) is 11.0 Å². The van der Waals surface area contributed by atoms with Crippen molar-refractivity contribution in [2.24, 2.45) is 0 Å². The number of pyridine rings is 1. The minimum Gasteiger partial charge on any atom is -0.443 e. The molecule has 33 heavy (non-hydrogen) atoms. The van der Waals surface area contributed by atoms with Gasteiger partial charge in [-0.3, -0.25) is 9.52 Å². The number of nitrogens with zero attached hydrogens (tertiary/aromatic N) is 2. The lowest BCUT2D eigenvalue weighted by Crippen LogP contribution is -2.28. The molecule has 1 amide bonds. The first-order valence-corrected chi connectivity index (χ1v) is 11.3. The number of hydrogen-bond donors (Lipinski definition) is 2. The minimum atomic E-state index is -4.68. The lowest BCUT2D eigenvalue weighted by atomic mass is 9.99. The lowest BCUT2D eigenvalue weighted by molar-refractivity contribution is -0.141. The van der Waals surface area contributed by atoms with E-state index in [0.29, 0.717) is 0 Å². The SMILES string of the molecule is CC(C(=O)NCc1ccc(C(F)(F)F)nc1-c1ncco1)c1ccc(NS(C)(=O)=O)c(F)c1. The van der Waals surface area contributed by atoms with Crippen molar-refractivity contribution in [2.45, 2.75) is 25.6 Å². The molecule has 0 fully saturated rings. The molecule has 8 nitrogen and oxygen atoms in total. The maximum absolute atomic E-state index is 14.2. The number of hydrogen-bond acceptors (Lipinski definition) is 6. The second-order valence-electron chi connectivity index (χ2n) is 7.09. The number of carbonyl (C=O) groups is 1. The van der Waals surface area contributed by atoms with Crippen molar-refractivity contribution < 1.29 is 35.2 Å². The van der Waals surface area contributed by atoms with Crippen LogP contribution in [0.25, 0.3) is 11.6 Å². The van der Waals surface area contributed by atoms with Crippen LogP contribution in [0.2, 0.25) is 0 Å². The smallest absolute Gasteiger partial charge is 0.433 e. The van der Waals surface area contributed by atoms with Crippen LogP contribution in [0, 0.1) is 5.82 Å². The molecule has 0 aliphatic carbocycles. The summed E-state index contributed by atoms with van der Waals surface area (Å²) >= 11 is 0. The highest BCUT2D eigenvalue weighted by molar-refractivity contribution is 7.92. The molecule has 0 bridgehead atoms. The molecular weight excluding hydrogens is 468 g/mol. The molecule has 1 atom stereocenters. The zero-order valence-electron chi connectivity index (χ0n) is 17.3. The van der Waals surface area contributed by atoms with Gasteiger partial charge in [-0.25, -0.2) is 22.8 Å². The average Bonchev–Trinajstić information content (AvgIpc) is 3.26. The number of amides is 1. The third-order valence-corrected chi connectivity index (χ3v) is 5.13. The quantitative estimate of drug-likeness (QED) is 0.493. The number of sulfonamides is 1. The van der Waals surface area contributed by atoms with E-state index in [4.69, 9.17) is 4.42 Å². The van der Waals surface area contributed by atoms with E-state index in [0.717, 1.165) is 24.5 Å². The summed E-state index contributed by atoms with van der Waals surface area (Å²) in [6.07, 6.45) is -1.38. The summed E-state index contributed by atoms with van der Waals surface area (Å²) in [6.45, 7) is 1.30. The molecular formula is C20H18F4N4O4S. The van der Waals surface area contributed by atoms with Crippen LogP contribution >= 0.6 is 0 Å². The molecule has 0 spiro atoms. The van der Waals surface area contributed by atoms with Gasteiger partial charge in [0.05, 0.1) is 24.1 Å². The maximum Gasteiger partial charge on any atom is 0.433 e. The summed E-state index contributed by atoms with van der Waals surface area (Å²) in [4.78, 5) is 20.0. The maximum atomic E-state index is 14.2. The molecule has 0 aliphatic rings. The molecule has 0 aliphatic heterocycles. The standard InChI is InChI=1S/C20H18F4N4O4S/c1-11(12-3-5-15(14(21)9-12)28-33(2,30)31)18(29)26-10-13-4-6-16(20(22,23)24)27-17(13)19-25-7-8-32-19/h3-9,11,28H,10H2,1-2H3,(H,26,29). The molecule has 2 N–H and O–H groups in total. The molecule has 3 aromatic rings. The van der Waals surface area contributed by atoms with Crippen molar-refractivity contribution in [1.82, 2.24) is 15.3 Å². The Morgan fingerprint density at radius 2 is 1.94 bits per heavy atom. The van der Waals surface area contributed by atoms with Gasteiger partial charge >= 0.3 is 6.18 Å². The second kappa shape index (κ2) is 9.17. The van der Waals surface area contributed by atoms with Crippen molar-refractivity contribution >= 4 is 21.6 Å². The zero-order valence-corrected chi connectivity index (χ0v) is 18.1. The first-order chi connectivity index (χ1) is 15.3. The molecule has 1 unspecified atom stereocenters. The molecule has 0 saturated heterocycles. The Kier molecular flexibility index (Phi) is 6.72. The Balaban J connectivity index is 1.77. The van der Waals surface area contributed by atoms with E-state index < -0.39 is 39.5 Å². The fourth-order valence-corrected chi connectivity index (χ4v) is 3.45. The second-order valence-corrected chi connectivity index (χ2v) is 8.84. The number of anilines is 1. The van der Waals surface area contributed by atoms with Gasteiger partial charge in [-0.1, -0.05) is 12.1 Å². The van der Waals surface area contributed by atoms with Gasteiger partial charge in [0.1, 0.15) is 23.5 Å². The molecule has 2 heterocycles. The van der Waals surface area contributed by atoms with Crippen LogP contribution in [0.3, 0.4) is 0 Å². The molecule has 176 valence electrons. The van der Waals surface area contributed by atoms with E-state index in [1.54, 1.807) is 0 Å². The van der Waals surface area contributed by atoms with Crippen molar-refractivity contribution in [3.63, 3.8) is 0 Å². The van der Waals surface area contributed by atoms with Gasteiger partial charge in [-0.05, 0) is 30.7 Å². The van der Waals surface area contributed by atoms with Crippen LogP contribution < -0.4 is 10.0 Å². The monoisotopic (exact) mass is 486 g/mol. The average molecular weight is 486 g/mol. The van der Waals surface area contributed by atoms with Gasteiger partial charge in [0.15, 0.2) is 0 Å². The number of rotatable bonds is 7. The highest BCUT2D eigenvalue weighted by Crippen LogP contribution is 2.31. The molecule has 13 heteroatoms. The van der Waals surface area contributed by atoms with Gasteiger partial charge in [0.25, 0.3) is 0 Å². The zero-order chi connectivity index (χ0) is 24.4. The number of oxazole rings is 1. The van der Waals surface area contributed by atoms with Crippen LogP contribution in [0.1, 0.15) is 29.7 Å². The third-order valence-electron chi connectivity index (χ3n) is 4.54. The molecule has 1 aromatic carbocycles. The topological polar surface area (TPSA) is 114 Å². The fourth-order valence-electron chi connectivity index (χ4n) is 2.88. The number of aromatic nitrogens is 2. The van der Waals surface area contributed by atoms with E-state index in [2.05, 4.69) is 15.3 Å². The van der Waals surface area contributed by atoms with E-state index >= 15 is 0 Å². The predicted molar refractivity (Wildman–Crippen MR) is 110 cm³/mol. The summed E-state index contributed by atoms with van der Waals surface area (Å²) in [5.74, 6) is -2.40. The van der Waals surface area contributed by atoms with E-state index in [-0.39, 0.29) is 34.9 Å². The fraction of sp³-hybridized carbons (Fsp3) is 0.250. The number of alkyl halides is 3. The highest BCUT2D eigenvalue weighted by atomic mass is 32.2. The van der Waals surface area contributed by atoms with Crippen LogP contribution in [0.5, 0.6) is 0 Å². The lowest BCUT2D eigenvalue weighted by Gasteiger charge is -2.15. The number of carbonyl (C=O) groups excluding carboxylic acids is 1. The van der Waals surface area contributed by atoms with Gasteiger partial charge in [0.2, 0.25) is 21.8 Å². The highest BCUT2D eigenvalue weighted by Gasteiger charge is 2.33. The Morgan fingerprint density at radius 1 is 1.21 bits per heavy atom. The third kappa shape index (κ3) is 6.06. The van der Waals surface area contributed by atoms with Gasteiger partial charge in [-0.2, -0.15) is 13.2 Å². The van der Waals surface area contributed by atoms with Crippen molar-refractivity contribution in [1.29, 1.82) is 0 Å². The normalized spacial score (nSPS) is 12.9. The van der Waals surface area contributed by atoms with E-state index in [9.17, 15) is 30.8 Å². The summed E-state index contributed by atoms with van der Waals surface area (Å²) < 4.78 is 83.0. The van der Waals surface area contributed by atoms with E-state index in [1.807, 2.05) is 4.72 Å². The molecule has 0 saturated carbocycles. The largest absolute Gasteiger partial charge is 0.443 e. The number of benzene rings is 1. The summed E-state index contributed by atoms with van der Waals surface area (Å²) in [6, 6.07) is 5.54. The number of nitrogens with one attached hydrogen (secondary N) is 2. The van der Waals surface area contributed by atoms with Crippen molar-refractivity contribution in [3.05, 3.63) is 65.4 Å². The Hall–Kier alpha value is -3.48. The molecule has 0 radical (unpaired) electrons. The predicted octanol–water partition coefficient (Wildman–Crippen LogP) is 3.69.